The Labute approximate surface area is 242 Å². The fourth-order valence-corrected chi connectivity index (χ4v) is 5.61. The van der Waals surface area contributed by atoms with Gasteiger partial charge in [-0.3, -0.25) is 9.59 Å². The van der Waals surface area contributed by atoms with E-state index in [1.807, 2.05) is 13.0 Å². The Balaban J connectivity index is 1.41. The van der Waals surface area contributed by atoms with Crippen LogP contribution in [0.4, 0.5) is 14.9 Å². The van der Waals surface area contributed by atoms with E-state index in [0.29, 0.717) is 53.5 Å². The maximum absolute atomic E-state index is 14.9. The molecule has 2 amide bonds. The number of rotatable bonds is 7. The van der Waals surface area contributed by atoms with Crippen LogP contribution in [-0.2, 0) is 22.4 Å². The Morgan fingerprint density at radius 3 is 2.65 bits per heavy atom. The van der Waals surface area contributed by atoms with E-state index in [4.69, 9.17) is 27.9 Å². The number of benzene rings is 2. The lowest BCUT2D eigenvalue weighted by Crippen LogP contribution is -2.42. The minimum atomic E-state index is -0.630. The third kappa shape index (κ3) is 7.06. The zero-order valence-electron chi connectivity index (χ0n) is 22.9. The number of anilines is 1. The molecular weight excluding hydrogens is 558 g/mol. The van der Waals surface area contributed by atoms with Crippen LogP contribution in [0.2, 0.25) is 10.0 Å². The number of H-pyrrole nitrogens is 1. The lowest BCUT2D eigenvalue weighted by molar-refractivity contribution is -0.131. The third-order valence-corrected chi connectivity index (χ3v) is 7.25. The second-order valence-electron chi connectivity index (χ2n) is 10.9. The normalized spacial score (nSPS) is 15.1. The topological polar surface area (TPSA) is 104 Å². The molecular formula is C29H33Cl2FN4O4. The van der Waals surface area contributed by atoms with Crippen LogP contribution in [0.3, 0.4) is 0 Å². The standard InChI is InChI=1S/C29H33Cl2FN4O4/c1-16-26-17(10-19(30)13-22(26)31)7-9-36(16)25(37)15-34-24-12-18-11-20(35-27(38)21(18)14-23(24)32)6-5-8-33-28(39)40-29(2,3)4/h10-14,16,34H,5-9,15H2,1-4H3,(H,33,39)(H,35,38). The van der Waals surface area contributed by atoms with Crippen molar-refractivity contribution in [3.63, 3.8) is 0 Å². The van der Waals surface area contributed by atoms with Crippen molar-refractivity contribution in [1.29, 1.82) is 0 Å². The van der Waals surface area contributed by atoms with Gasteiger partial charge in [-0.1, -0.05) is 23.2 Å². The van der Waals surface area contributed by atoms with Gasteiger partial charge in [0.1, 0.15) is 11.4 Å². The molecule has 3 aromatic rings. The second kappa shape index (κ2) is 12.1. The summed E-state index contributed by atoms with van der Waals surface area (Å²) in [6, 6.07) is 7.75. The lowest BCUT2D eigenvalue weighted by atomic mass is 9.93. The molecule has 0 saturated carbocycles. The van der Waals surface area contributed by atoms with Gasteiger partial charge in [-0.05, 0) is 93.8 Å². The summed E-state index contributed by atoms with van der Waals surface area (Å²) in [7, 11) is 0. The molecule has 2 aromatic carbocycles. The number of carbonyl (C=O) groups excluding carboxylic acids is 2. The van der Waals surface area contributed by atoms with Gasteiger partial charge in [0.25, 0.3) is 5.56 Å². The number of carbonyl (C=O) groups is 2. The van der Waals surface area contributed by atoms with Crippen LogP contribution in [-0.4, -0.2) is 47.1 Å². The summed E-state index contributed by atoms with van der Waals surface area (Å²) >= 11 is 12.6. The molecule has 4 rings (SSSR count). The number of pyridine rings is 1. The highest BCUT2D eigenvalue weighted by Crippen LogP contribution is 2.37. The van der Waals surface area contributed by atoms with E-state index < -0.39 is 23.1 Å². The van der Waals surface area contributed by atoms with E-state index in [1.165, 1.54) is 6.07 Å². The van der Waals surface area contributed by atoms with Gasteiger partial charge < -0.3 is 25.3 Å². The first-order valence-electron chi connectivity index (χ1n) is 13.2. The fourth-order valence-electron chi connectivity index (χ4n) is 4.91. The number of halogens is 3. The molecule has 0 aliphatic carbocycles. The summed E-state index contributed by atoms with van der Waals surface area (Å²) in [6.45, 7) is 8.00. The molecule has 0 bridgehead atoms. The Bertz CT molecular complexity index is 1500. The van der Waals surface area contributed by atoms with Gasteiger partial charge in [-0.25, -0.2) is 9.18 Å². The molecule has 2 heterocycles. The van der Waals surface area contributed by atoms with Crippen molar-refractivity contribution in [2.75, 3.05) is 25.0 Å². The fraction of sp³-hybridized carbons (Fsp3) is 0.414. The number of alkyl carbamates (subject to hydrolysis) is 1. The summed E-state index contributed by atoms with van der Waals surface area (Å²) < 4.78 is 20.1. The van der Waals surface area contributed by atoms with Crippen LogP contribution in [0.1, 0.15) is 57.0 Å². The number of nitrogens with one attached hydrogen (secondary N) is 3. The first kappa shape index (κ1) is 29.7. The summed E-state index contributed by atoms with van der Waals surface area (Å²) in [5.41, 5.74) is 1.67. The Kier molecular flexibility index (Phi) is 8.95. The molecule has 1 atom stereocenters. The molecule has 1 aliphatic rings. The number of aromatic amines is 1. The van der Waals surface area contributed by atoms with Gasteiger partial charge in [0.2, 0.25) is 5.91 Å². The van der Waals surface area contributed by atoms with Crippen LogP contribution in [0, 0.1) is 5.82 Å². The van der Waals surface area contributed by atoms with Gasteiger partial charge >= 0.3 is 6.09 Å². The molecule has 0 spiro atoms. The van der Waals surface area contributed by atoms with Gasteiger partial charge in [-0.15, -0.1) is 0 Å². The molecule has 11 heteroatoms. The zero-order valence-corrected chi connectivity index (χ0v) is 24.4. The maximum Gasteiger partial charge on any atom is 0.407 e. The van der Waals surface area contributed by atoms with E-state index in [0.717, 1.165) is 17.2 Å². The highest BCUT2D eigenvalue weighted by Gasteiger charge is 2.29. The summed E-state index contributed by atoms with van der Waals surface area (Å²) in [5, 5.41) is 7.41. The number of aromatic nitrogens is 1. The van der Waals surface area contributed by atoms with Gasteiger partial charge in [0.15, 0.2) is 0 Å². The van der Waals surface area contributed by atoms with Crippen molar-refractivity contribution < 1.29 is 18.7 Å². The predicted octanol–water partition coefficient (Wildman–Crippen LogP) is 5.99. The number of hydrogen-bond donors (Lipinski definition) is 3. The quantitative estimate of drug-likeness (QED) is 0.293. The Hall–Kier alpha value is -3.30. The molecule has 0 fully saturated rings. The number of aryl methyl sites for hydroxylation is 1. The monoisotopic (exact) mass is 590 g/mol. The van der Waals surface area contributed by atoms with Crippen molar-refractivity contribution in [3.05, 3.63) is 73.4 Å². The summed E-state index contributed by atoms with van der Waals surface area (Å²) in [4.78, 5) is 42.0. The van der Waals surface area contributed by atoms with E-state index in [1.54, 1.807) is 37.8 Å². The average Bonchev–Trinajstić information content (AvgIpc) is 2.84. The van der Waals surface area contributed by atoms with Crippen molar-refractivity contribution in [2.45, 2.75) is 58.6 Å². The van der Waals surface area contributed by atoms with Crippen LogP contribution >= 0.6 is 23.2 Å². The second-order valence-corrected chi connectivity index (χ2v) is 11.7. The SMILES string of the molecule is CC1c2c(Cl)cc(Cl)cc2CCN1C(=O)CNc1cc2cc(CCCNC(=O)OC(C)(C)C)[nH]c(=O)c2cc1F. The highest BCUT2D eigenvalue weighted by molar-refractivity contribution is 6.35. The zero-order chi connectivity index (χ0) is 29.2. The molecule has 1 aliphatic heterocycles. The minimum Gasteiger partial charge on any atom is -0.444 e. The highest BCUT2D eigenvalue weighted by atomic mass is 35.5. The smallest absolute Gasteiger partial charge is 0.407 e. The van der Waals surface area contributed by atoms with Crippen LogP contribution in [0.25, 0.3) is 10.8 Å². The predicted molar refractivity (Wildman–Crippen MR) is 156 cm³/mol. The van der Waals surface area contributed by atoms with E-state index >= 15 is 0 Å². The van der Waals surface area contributed by atoms with Gasteiger partial charge in [0, 0.05) is 28.8 Å². The van der Waals surface area contributed by atoms with Crippen molar-refractivity contribution in [3.8, 4) is 0 Å². The number of fused-ring (bicyclic) bond motifs is 2. The number of ether oxygens (including phenoxy) is 1. The van der Waals surface area contributed by atoms with Gasteiger partial charge in [-0.2, -0.15) is 0 Å². The number of hydrogen-bond acceptors (Lipinski definition) is 5. The lowest BCUT2D eigenvalue weighted by Gasteiger charge is -2.36. The molecule has 40 heavy (non-hydrogen) atoms. The van der Waals surface area contributed by atoms with E-state index in [2.05, 4.69) is 15.6 Å². The van der Waals surface area contributed by atoms with Crippen molar-refractivity contribution in [2.24, 2.45) is 0 Å². The number of nitrogens with zero attached hydrogens (tertiary/aromatic N) is 1. The molecule has 0 saturated heterocycles. The van der Waals surface area contributed by atoms with Gasteiger partial charge in [0.05, 0.1) is 23.7 Å². The first-order valence-corrected chi connectivity index (χ1v) is 13.9. The average molecular weight is 592 g/mol. The van der Waals surface area contributed by atoms with Crippen molar-refractivity contribution >= 4 is 51.7 Å². The molecule has 0 radical (unpaired) electrons. The maximum atomic E-state index is 14.9. The molecule has 1 aromatic heterocycles. The van der Waals surface area contributed by atoms with Crippen LogP contribution in [0.15, 0.2) is 35.1 Å². The largest absolute Gasteiger partial charge is 0.444 e. The van der Waals surface area contributed by atoms with Crippen molar-refractivity contribution in [1.82, 2.24) is 15.2 Å². The third-order valence-electron chi connectivity index (χ3n) is 6.72. The summed E-state index contributed by atoms with van der Waals surface area (Å²) in [5.74, 6) is -0.831. The van der Waals surface area contributed by atoms with Crippen LogP contribution in [0.5, 0.6) is 0 Å². The molecule has 1 unspecified atom stereocenters. The van der Waals surface area contributed by atoms with Crippen LogP contribution < -0.4 is 16.2 Å². The Morgan fingerprint density at radius 1 is 1.18 bits per heavy atom. The van der Waals surface area contributed by atoms with E-state index in [9.17, 15) is 18.8 Å². The molecule has 3 N–H and O–H groups in total. The first-order chi connectivity index (χ1) is 18.8. The Morgan fingerprint density at radius 2 is 1.93 bits per heavy atom. The number of amides is 2. The minimum absolute atomic E-state index is 0.124. The molecule has 214 valence electrons. The molecule has 8 nitrogen and oxygen atoms in total. The summed E-state index contributed by atoms with van der Waals surface area (Å²) in [6.07, 6.45) is 1.17. The van der Waals surface area contributed by atoms with E-state index in [-0.39, 0.29) is 29.6 Å².